The molecule has 0 spiro atoms. The number of nitrogen functional groups attached to an aromatic ring is 1. The summed E-state index contributed by atoms with van der Waals surface area (Å²) in [6.45, 7) is 0.424. The van der Waals surface area contributed by atoms with Crippen molar-refractivity contribution in [2.24, 2.45) is 5.73 Å². The van der Waals surface area contributed by atoms with Gasteiger partial charge in [-0.1, -0.05) is 5.16 Å². The number of alkyl halides is 3. The number of halogens is 4. The van der Waals surface area contributed by atoms with Crippen LogP contribution in [0.1, 0.15) is 27.7 Å². The maximum Gasteiger partial charge on any atom is 0.435 e. The fourth-order valence-corrected chi connectivity index (χ4v) is 3.93. The number of hydrogen-bond donors (Lipinski definition) is 4. The highest BCUT2D eigenvalue weighted by atomic mass is 19.4. The molecule has 0 radical (unpaired) electrons. The Balaban J connectivity index is 1.51. The summed E-state index contributed by atoms with van der Waals surface area (Å²) in [6, 6.07) is 8.61. The number of carbonyl (C=O) groups excluding carboxylic acids is 1. The fourth-order valence-electron chi connectivity index (χ4n) is 3.93. The van der Waals surface area contributed by atoms with Crippen LogP contribution in [0.2, 0.25) is 0 Å². The van der Waals surface area contributed by atoms with E-state index >= 15 is 0 Å². The summed E-state index contributed by atoms with van der Waals surface area (Å²) < 4.78 is 63.1. The Bertz CT molecular complexity index is 1720. The SMILES string of the molecule is CNCc1nccn1-c1ccc(NC(=O)c2cc(C(F)(F)F)nn2-c2ccc3onc(C(=N)N)c3c2)c(F)c1. The normalized spacial score (nSPS) is 11.7. The first kappa shape index (κ1) is 25.6. The van der Waals surface area contributed by atoms with Crippen LogP contribution in [0.5, 0.6) is 0 Å². The van der Waals surface area contributed by atoms with E-state index in [0.29, 0.717) is 24.1 Å². The average Bonchev–Trinajstić information content (AvgIpc) is 3.63. The minimum Gasteiger partial charge on any atom is -0.382 e. The Hall–Kier alpha value is -5.05. The standard InChI is InChI=1S/C24H19F4N9O2/c1-31-11-20-32-6-7-36(20)12-2-4-16(15(25)9-12)33-23(38)17-10-19(24(26,27)28)34-37(17)13-3-5-18-14(8-13)21(22(29)30)35-39-18/h2-10,31H,11H2,1H3,(H3,29,30)(H,33,38). The Kier molecular flexibility index (Phi) is 6.35. The molecule has 11 nitrogen and oxygen atoms in total. The van der Waals surface area contributed by atoms with E-state index in [1.165, 1.54) is 30.3 Å². The lowest BCUT2D eigenvalue weighted by atomic mass is 10.2. The van der Waals surface area contributed by atoms with Crippen molar-refractivity contribution in [2.45, 2.75) is 12.7 Å². The molecule has 200 valence electrons. The van der Waals surface area contributed by atoms with Crippen molar-refractivity contribution in [1.29, 1.82) is 5.41 Å². The van der Waals surface area contributed by atoms with Gasteiger partial charge in [-0.2, -0.15) is 18.3 Å². The highest BCUT2D eigenvalue weighted by Gasteiger charge is 2.36. The molecule has 5 aromatic rings. The first-order valence-corrected chi connectivity index (χ1v) is 11.3. The molecule has 1 amide bonds. The van der Waals surface area contributed by atoms with Crippen molar-refractivity contribution in [3.05, 3.63) is 83.6 Å². The molecule has 0 aliphatic heterocycles. The molecule has 2 aromatic carbocycles. The number of amides is 1. The number of rotatable bonds is 7. The minimum absolute atomic E-state index is 0.0287. The van der Waals surface area contributed by atoms with Crippen molar-refractivity contribution in [3.63, 3.8) is 0 Å². The maximum absolute atomic E-state index is 15.0. The molecule has 0 fully saturated rings. The van der Waals surface area contributed by atoms with Crippen LogP contribution in [0.3, 0.4) is 0 Å². The maximum atomic E-state index is 15.0. The number of benzene rings is 2. The largest absolute Gasteiger partial charge is 0.435 e. The predicted molar refractivity (Wildman–Crippen MR) is 131 cm³/mol. The molecule has 5 N–H and O–H groups in total. The van der Waals surface area contributed by atoms with E-state index in [1.54, 1.807) is 24.0 Å². The molecule has 0 saturated heterocycles. The second kappa shape index (κ2) is 9.68. The van der Waals surface area contributed by atoms with Gasteiger partial charge in [0.15, 0.2) is 17.0 Å². The van der Waals surface area contributed by atoms with Crippen LogP contribution in [-0.2, 0) is 12.7 Å². The quantitative estimate of drug-likeness (QED) is 0.140. The molecule has 39 heavy (non-hydrogen) atoms. The highest BCUT2D eigenvalue weighted by Crippen LogP contribution is 2.31. The molecule has 0 aliphatic carbocycles. The predicted octanol–water partition coefficient (Wildman–Crippen LogP) is 3.61. The van der Waals surface area contributed by atoms with E-state index < -0.39 is 35.1 Å². The number of nitrogens with zero attached hydrogens (tertiary/aromatic N) is 5. The van der Waals surface area contributed by atoms with Crippen LogP contribution in [0.25, 0.3) is 22.3 Å². The van der Waals surface area contributed by atoms with Crippen LogP contribution in [0, 0.1) is 11.2 Å². The number of hydrogen-bond acceptors (Lipinski definition) is 7. The van der Waals surface area contributed by atoms with Crippen molar-refractivity contribution in [1.82, 2.24) is 29.8 Å². The van der Waals surface area contributed by atoms with Gasteiger partial charge in [0.1, 0.15) is 23.2 Å². The lowest BCUT2D eigenvalue weighted by molar-refractivity contribution is -0.141. The number of carbonyl (C=O) groups is 1. The van der Waals surface area contributed by atoms with Crippen LogP contribution in [0.15, 0.2) is 59.4 Å². The van der Waals surface area contributed by atoms with Crippen LogP contribution in [0.4, 0.5) is 23.2 Å². The average molecular weight is 541 g/mol. The lowest BCUT2D eigenvalue weighted by Gasteiger charge is -2.12. The van der Waals surface area contributed by atoms with E-state index in [0.717, 1.165) is 10.7 Å². The zero-order valence-electron chi connectivity index (χ0n) is 20.0. The van der Waals surface area contributed by atoms with Crippen molar-refractivity contribution >= 4 is 28.4 Å². The molecule has 0 unspecified atom stereocenters. The zero-order chi connectivity index (χ0) is 27.9. The first-order chi connectivity index (χ1) is 18.6. The van der Waals surface area contributed by atoms with Gasteiger partial charge in [-0.25, -0.2) is 14.1 Å². The smallest absolute Gasteiger partial charge is 0.382 e. The van der Waals surface area contributed by atoms with Crippen molar-refractivity contribution < 1.29 is 26.9 Å². The number of nitrogens with one attached hydrogen (secondary N) is 3. The van der Waals surface area contributed by atoms with E-state index in [2.05, 4.69) is 25.9 Å². The molecule has 5 rings (SSSR count). The summed E-state index contributed by atoms with van der Waals surface area (Å²) in [4.78, 5) is 17.3. The van der Waals surface area contributed by atoms with Gasteiger partial charge in [-0.3, -0.25) is 10.2 Å². The van der Waals surface area contributed by atoms with Gasteiger partial charge in [-0.15, -0.1) is 0 Å². The number of anilines is 1. The van der Waals surface area contributed by atoms with Gasteiger partial charge in [-0.05, 0) is 37.4 Å². The summed E-state index contributed by atoms with van der Waals surface area (Å²) in [5.41, 5.74) is 4.04. The number of fused-ring (bicyclic) bond motifs is 1. The number of amidine groups is 1. The van der Waals surface area contributed by atoms with Gasteiger partial charge in [0.2, 0.25) is 0 Å². The van der Waals surface area contributed by atoms with E-state index in [4.69, 9.17) is 15.7 Å². The summed E-state index contributed by atoms with van der Waals surface area (Å²) in [6.07, 6.45) is -1.67. The highest BCUT2D eigenvalue weighted by molar-refractivity contribution is 6.06. The number of aromatic nitrogens is 5. The first-order valence-electron chi connectivity index (χ1n) is 11.3. The van der Waals surface area contributed by atoms with Gasteiger partial charge in [0.05, 0.1) is 23.3 Å². The van der Waals surface area contributed by atoms with Crippen LogP contribution < -0.4 is 16.4 Å². The molecular formula is C24H19F4N9O2. The molecule has 3 aromatic heterocycles. The topological polar surface area (TPSA) is 153 Å². The third-order valence-electron chi connectivity index (χ3n) is 5.72. The number of nitrogens with two attached hydrogens (primary N) is 1. The molecule has 0 aliphatic rings. The molecule has 3 heterocycles. The van der Waals surface area contributed by atoms with Gasteiger partial charge in [0, 0.05) is 30.2 Å². The van der Waals surface area contributed by atoms with E-state index in [1.807, 2.05) is 0 Å². The second-order valence-electron chi connectivity index (χ2n) is 8.31. The Morgan fingerprint density at radius 1 is 1.15 bits per heavy atom. The lowest BCUT2D eigenvalue weighted by Crippen LogP contribution is -2.18. The zero-order valence-corrected chi connectivity index (χ0v) is 20.0. The summed E-state index contributed by atoms with van der Waals surface area (Å²) in [5, 5.41) is 20.3. The molecular weight excluding hydrogens is 522 g/mol. The van der Waals surface area contributed by atoms with Crippen molar-refractivity contribution in [2.75, 3.05) is 12.4 Å². The second-order valence-corrected chi connectivity index (χ2v) is 8.31. The third-order valence-corrected chi connectivity index (χ3v) is 5.72. The Morgan fingerprint density at radius 2 is 1.92 bits per heavy atom. The minimum atomic E-state index is -4.87. The Labute approximate surface area is 216 Å². The van der Waals surface area contributed by atoms with Gasteiger partial charge in [0.25, 0.3) is 5.91 Å². The summed E-state index contributed by atoms with van der Waals surface area (Å²) in [5.74, 6) is -1.66. The van der Waals surface area contributed by atoms with Crippen LogP contribution >= 0.6 is 0 Å². The summed E-state index contributed by atoms with van der Waals surface area (Å²) in [7, 11) is 1.74. The molecule has 0 atom stereocenters. The fraction of sp³-hybridized carbons (Fsp3) is 0.125. The molecule has 15 heteroatoms. The molecule has 0 saturated carbocycles. The van der Waals surface area contributed by atoms with Gasteiger partial charge >= 0.3 is 6.18 Å². The van der Waals surface area contributed by atoms with E-state index in [-0.39, 0.29) is 28.0 Å². The van der Waals surface area contributed by atoms with Crippen molar-refractivity contribution in [3.8, 4) is 11.4 Å². The molecule has 0 bridgehead atoms. The van der Waals surface area contributed by atoms with Gasteiger partial charge < -0.3 is 25.5 Å². The summed E-state index contributed by atoms with van der Waals surface area (Å²) >= 11 is 0. The third kappa shape index (κ3) is 4.82. The van der Waals surface area contributed by atoms with Crippen LogP contribution in [-0.4, -0.2) is 43.3 Å². The number of imidazole rings is 1. The monoisotopic (exact) mass is 541 g/mol. The Morgan fingerprint density at radius 3 is 2.62 bits per heavy atom. The van der Waals surface area contributed by atoms with E-state index in [9.17, 15) is 22.4 Å².